The quantitative estimate of drug-likeness (QED) is 0.0352. The maximum atomic E-state index is 14.5. The number of hydrogen-bond donors (Lipinski definition) is 9. The molecular formula is C55H81F4N11O17S2. The molecule has 1 aliphatic carbocycles. The van der Waals surface area contributed by atoms with E-state index in [1.807, 2.05) is 20.8 Å². The van der Waals surface area contributed by atoms with E-state index in [0.29, 0.717) is 21.3 Å². The van der Waals surface area contributed by atoms with Crippen LogP contribution in [0.5, 0.6) is 0 Å². The number of amides is 6. The molecule has 8 atom stereocenters. The Balaban J connectivity index is 1.09. The van der Waals surface area contributed by atoms with E-state index >= 15 is 0 Å². The van der Waals surface area contributed by atoms with Crippen LogP contribution in [0.3, 0.4) is 0 Å². The second-order valence-electron chi connectivity index (χ2n) is 23.7. The first-order chi connectivity index (χ1) is 41.6. The zero-order valence-corrected chi connectivity index (χ0v) is 52.4. The highest BCUT2D eigenvalue weighted by atomic mass is 32.2. The standard InChI is InChI=1S/C55H81F4N11O17S2/c1-51(2,3)68-34(45(79)62-19-13-43(77)84-28-41(75)65-38-15-21-70(50(82)67-38)48-55(58,59)24-32(26-72)87-48)30-89-36-10-9-35(36)88-29-33(63-39(73)11-16-53(6,7)85-22-17-52(4,5)46(80)60-8)44(78)61-18-12-42(76)83-27-40(74)64-37-14-20-69(49(81)66-37)47-54(56,57)23-31(25-71)86-47/h14-15,20-21,31-36,47-48,68,71-72H,9-13,16-19,22-30H2,1-8H3,(H,60,80)(H,61,78)(H,62,79)(H,63,73)(H,64,66,74,81)(H,65,67,75,82)/t31?,32-,33?,34?,35?,36?,47?,48?/m1/s1. The van der Waals surface area contributed by atoms with Gasteiger partial charge in [0.1, 0.15) is 17.7 Å². The minimum Gasteiger partial charge on any atom is -0.456 e. The third-order valence-electron chi connectivity index (χ3n) is 14.2. The van der Waals surface area contributed by atoms with Crippen LogP contribution in [0.2, 0.25) is 0 Å². The molecule has 7 unspecified atom stereocenters. The van der Waals surface area contributed by atoms with Gasteiger partial charge in [-0.25, -0.2) is 27.2 Å². The van der Waals surface area contributed by atoms with E-state index in [9.17, 15) is 75.7 Å². The number of aliphatic hydroxyl groups excluding tert-OH is 2. The third-order valence-corrected chi connectivity index (χ3v) is 17.4. The van der Waals surface area contributed by atoms with Crippen molar-refractivity contribution >= 4 is 82.5 Å². The molecule has 3 aliphatic rings. The Morgan fingerprint density at radius 3 is 1.54 bits per heavy atom. The van der Waals surface area contributed by atoms with Gasteiger partial charge in [0.25, 0.3) is 23.7 Å². The van der Waals surface area contributed by atoms with Gasteiger partial charge in [0.15, 0.2) is 13.2 Å². The zero-order chi connectivity index (χ0) is 66.1. The maximum Gasteiger partial charge on any atom is 0.351 e. The fourth-order valence-corrected chi connectivity index (χ4v) is 12.2. The lowest BCUT2D eigenvalue weighted by Crippen LogP contribution is -2.53. The number of aromatic nitrogens is 4. The molecule has 6 amide bonds. The number of alkyl halides is 4. The van der Waals surface area contributed by atoms with Crippen molar-refractivity contribution in [3.05, 3.63) is 45.5 Å². The summed E-state index contributed by atoms with van der Waals surface area (Å²) in [7, 11) is 1.55. The average molecular weight is 1310 g/mol. The van der Waals surface area contributed by atoms with Crippen LogP contribution in [-0.2, 0) is 62.0 Å². The number of nitrogens with one attached hydrogen (secondary N) is 7. The molecule has 2 saturated heterocycles. The van der Waals surface area contributed by atoms with Crippen LogP contribution in [0.4, 0.5) is 29.2 Å². The first kappa shape index (κ1) is 73.4. The van der Waals surface area contributed by atoms with Crippen molar-refractivity contribution in [3.63, 3.8) is 0 Å². The topological polar surface area (TPSA) is 377 Å². The van der Waals surface area contributed by atoms with E-state index < -0.39 is 164 Å². The fraction of sp³-hybridized carbons (Fsp3) is 0.709. The summed E-state index contributed by atoms with van der Waals surface area (Å²) in [4.78, 5) is 136. The van der Waals surface area contributed by atoms with Crippen molar-refractivity contribution < 1.29 is 89.8 Å². The summed E-state index contributed by atoms with van der Waals surface area (Å²) >= 11 is 2.96. The Hall–Kier alpha value is -6.30. The van der Waals surface area contributed by atoms with E-state index in [2.05, 4.69) is 47.2 Å². The van der Waals surface area contributed by atoms with Crippen molar-refractivity contribution in [3.8, 4) is 0 Å². The van der Waals surface area contributed by atoms with Gasteiger partial charge in [0, 0.05) is 91.4 Å². The summed E-state index contributed by atoms with van der Waals surface area (Å²) in [5, 5.41) is 37.0. The predicted molar refractivity (Wildman–Crippen MR) is 315 cm³/mol. The van der Waals surface area contributed by atoms with Gasteiger partial charge >= 0.3 is 23.3 Å². The number of thioether (sulfide) groups is 2. The summed E-state index contributed by atoms with van der Waals surface area (Å²) < 4.78 is 85.1. The van der Waals surface area contributed by atoms with Gasteiger partial charge in [0.05, 0.1) is 49.9 Å². The van der Waals surface area contributed by atoms with Gasteiger partial charge in [-0.3, -0.25) is 47.5 Å². The van der Waals surface area contributed by atoms with E-state index in [1.165, 1.54) is 23.5 Å². The van der Waals surface area contributed by atoms with Crippen molar-refractivity contribution in [2.45, 2.75) is 176 Å². The largest absolute Gasteiger partial charge is 0.456 e. The molecule has 0 spiro atoms. The molecule has 0 radical (unpaired) electrons. The monoisotopic (exact) mass is 1310 g/mol. The Labute approximate surface area is 518 Å². The molecule has 9 N–H and O–H groups in total. The molecule has 4 heterocycles. The number of aliphatic hydroxyl groups is 2. The zero-order valence-electron chi connectivity index (χ0n) is 50.8. The van der Waals surface area contributed by atoms with E-state index in [0.717, 1.165) is 37.4 Å². The number of hydrogen-bond acceptors (Lipinski definition) is 22. The summed E-state index contributed by atoms with van der Waals surface area (Å²) in [6, 6.07) is 0.289. The number of rotatable bonds is 34. The minimum atomic E-state index is -3.49. The van der Waals surface area contributed by atoms with Crippen LogP contribution in [0.25, 0.3) is 0 Å². The number of esters is 2. The second-order valence-corrected chi connectivity index (χ2v) is 26.3. The van der Waals surface area contributed by atoms with Crippen LogP contribution in [0, 0.1) is 5.41 Å². The number of anilines is 2. The lowest BCUT2D eigenvalue weighted by Gasteiger charge is -2.37. The Bertz CT molecular complexity index is 2940. The summed E-state index contributed by atoms with van der Waals surface area (Å²) in [6.45, 7) is 9.60. The van der Waals surface area contributed by atoms with Gasteiger partial charge < -0.3 is 71.1 Å². The molecule has 2 aromatic heterocycles. The van der Waals surface area contributed by atoms with Crippen molar-refractivity contribution in [1.29, 1.82) is 0 Å². The molecule has 0 bridgehead atoms. The molecule has 3 fully saturated rings. The molecule has 498 valence electrons. The number of halogens is 4. The van der Waals surface area contributed by atoms with E-state index in [1.54, 1.807) is 34.7 Å². The van der Waals surface area contributed by atoms with Gasteiger partial charge in [0.2, 0.25) is 36.1 Å². The van der Waals surface area contributed by atoms with Crippen molar-refractivity contribution in [1.82, 2.24) is 45.7 Å². The number of carbonyl (C=O) groups excluding carboxylic acids is 8. The van der Waals surface area contributed by atoms with Gasteiger partial charge in [-0.15, -0.1) is 0 Å². The maximum absolute atomic E-state index is 14.5. The molecule has 34 heteroatoms. The molecule has 5 rings (SSSR count). The summed E-state index contributed by atoms with van der Waals surface area (Å²) in [5.41, 5.74) is -4.37. The lowest BCUT2D eigenvalue weighted by molar-refractivity contribution is -0.147. The van der Waals surface area contributed by atoms with Gasteiger partial charge in [-0.05, 0) is 72.4 Å². The summed E-state index contributed by atoms with van der Waals surface area (Å²) in [5.74, 6) is -12.4. The van der Waals surface area contributed by atoms with Crippen LogP contribution >= 0.6 is 23.5 Å². The Kier molecular flexibility index (Phi) is 26.9. The molecule has 0 aromatic carbocycles. The second kappa shape index (κ2) is 32.6. The van der Waals surface area contributed by atoms with Crippen molar-refractivity contribution in [2.75, 3.05) is 75.3 Å². The molecule has 1 saturated carbocycles. The molecule has 2 aliphatic heterocycles. The average Bonchev–Trinajstić information content (AvgIpc) is 1.73. The minimum absolute atomic E-state index is 0.0146. The fourth-order valence-electron chi connectivity index (χ4n) is 9.10. The molecule has 89 heavy (non-hydrogen) atoms. The highest BCUT2D eigenvalue weighted by Crippen LogP contribution is 2.43. The van der Waals surface area contributed by atoms with Crippen LogP contribution in [-0.4, -0.2) is 199 Å². The molecule has 28 nitrogen and oxygen atoms in total. The third kappa shape index (κ3) is 23.2. The lowest BCUT2D eigenvalue weighted by atomic mass is 9.88. The number of carbonyl (C=O) groups is 8. The predicted octanol–water partition coefficient (Wildman–Crippen LogP) is 1.28. The Morgan fingerprint density at radius 1 is 0.685 bits per heavy atom. The Morgan fingerprint density at radius 2 is 1.13 bits per heavy atom. The van der Waals surface area contributed by atoms with E-state index in [-0.39, 0.29) is 72.8 Å². The normalized spacial score (nSPS) is 21.1. The smallest absolute Gasteiger partial charge is 0.351 e. The van der Waals surface area contributed by atoms with E-state index in [4.69, 9.17) is 23.7 Å². The van der Waals surface area contributed by atoms with Crippen LogP contribution < -0.4 is 48.6 Å². The van der Waals surface area contributed by atoms with Crippen LogP contribution in [0.15, 0.2) is 34.1 Å². The number of nitrogens with zero attached hydrogens (tertiary/aromatic N) is 4. The molecule has 2 aromatic rings. The molecular weight excluding hydrogens is 1230 g/mol. The van der Waals surface area contributed by atoms with Gasteiger partial charge in [-0.1, -0.05) is 13.8 Å². The van der Waals surface area contributed by atoms with Crippen molar-refractivity contribution in [2.24, 2.45) is 5.41 Å². The SMILES string of the molecule is CNC(=O)C(C)(C)CCOC(C)(C)CCC(=O)NC(CSC1CCC1SCC(NC(C)(C)C)C(=O)NCCC(=O)OCC(=O)Nc1ccn(C2O[C@@H](CO)CC2(F)F)c(=O)n1)C(=O)NCCC(=O)OCC(=O)Nc1ccn(C2OC(CO)CC2(F)F)c(=O)n1. The highest BCUT2D eigenvalue weighted by Gasteiger charge is 2.53. The first-order valence-corrected chi connectivity index (χ1v) is 30.8. The number of ether oxygens (including phenoxy) is 5. The first-order valence-electron chi connectivity index (χ1n) is 28.7. The van der Waals surface area contributed by atoms with Gasteiger partial charge in [-0.2, -0.15) is 33.5 Å². The summed E-state index contributed by atoms with van der Waals surface area (Å²) in [6.07, 6.45) is -4.76. The highest BCUT2D eigenvalue weighted by molar-refractivity contribution is 8.04. The van der Waals surface area contributed by atoms with Crippen LogP contribution in [0.1, 0.15) is 119 Å².